The Morgan fingerprint density at radius 3 is 2.27 bits per heavy atom. The Morgan fingerprint density at radius 2 is 1.68 bits per heavy atom. The van der Waals surface area contributed by atoms with Crippen LogP contribution in [0.15, 0.2) is 12.2 Å². The van der Waals surface area contributed by atoms with Crippen LogP contribution in [0.3, 0.4) is 0 Å². The molecule has 0 rings (SSSR count). The number of allylic oxidation sites excluding steroid dienone is 2. The minimum atomic E-state index is -0.919. The Bertz CT molecular complexity index is 323. The highest BCUT2D eigenvalue weighted by Gasteiger charge is 2.16. The van der Waals surface area contributed by atoms with Crippen molar-refractivity contribution in [1.82, 2.24) is 0 Å². The maximum atomic E-state index is 11.7. The first-order valence-corrected chi connectivity index (χ1v) is 8.66. The van der Waals surface area contributed by atoms with Gasteiger partial charge in [-0.25, -0.2) is 0 Å². The van der Waals surface area contributed by atoms with E-state index < -0.39 is 12.1 Å². The van der Waals surface area contributed by atoms with Gasteiger partial charge in [0, 0.05) is 6.42 Å². The lowest BCUT2D eigenvalue weighted by Crippen LogP contribution is -2.21. The monoisotopic (exact) mass is 312 g/mol. The van der Waals surface area contributed by atoms with Crippen molar-refractivity contribution in [3.63, 3.8) is 0 Å². The lowest BCUT2D eigenvalue weighted by molar-refractivity contribution is -0.153. The predicted molar refractivity (Wildman–Crippen MR) is 88.8 cm³/mol. The van der Waals surface area contributed by atoms with Gasteiger partial charge in [0.25, 0.3) is 0 Å². The van der Waals surface area contributed by atoms with E-state index in [1.54, 1.807) is 0 Å². The Kier molecular flexibility index (Phi) is 13.7. The molecule has 0 bridgehead atoms. The quantitative estimate of drug-likeness (QED) is 0.282. The highest BCUT2D eigenvalue weighted by Crippen LogP contribution is 2.10. The van der Waals surface area contributed by atoms with E-state index in [0.717, 1.165) is 25.7 Å². The molecule has 0 amide bonds. The molecule has 0 aliphatic carbocycles. The summed E-state index contributed by atoms with van der Waals surface area (Å²) in [5.74, 6) is -1.20. The maximum Gasteiger partial charge on any atom is 0.307 e. The number of unbranched alkanes of at least 4 members (excludes halogenated alkanes) is 5. The van der Waals surface area contributed by atoms with E-state index in [1.807, 2.05) is 6.92 Å². The number of ether oxygens (including phenoxy) is 1. The first-order chi connectivity index (χ1) is 10.6. The molecule has 0 radical (unpaired) electrons. The molecule has 0 spiro atoms. The lowest BCUT2D eigenvalue weighted by Gasteiger charge is -2.15. The molecular weight excluding hydrogens is 280 g/mol. The van der Waals surface area contributed by atoms with Gasteiger partial charge < -0.3 is 9.84 Å². The minimum Gasteiger partial charge on any atom is -0.481 e. The summed E-state index contributed by atoms with van der Waals surface area (Å²) in [6.07, 6.45) is 13.3. The number of hydrogen-bond acceptors (Lipinski definition) is 3. The second-order valence-corrected chi connectivity index (χ2v) is 5.71. The topological polar surface area (TPSA) is 63.6 Å². The van der Waals surface area contributed by atoms with Crippen molar-refractivity contribution in [1.29, 1.82) is 0 Å². The number of hydrogen-bond donors (Lipinski definition) is 1. The number of rotatable bonds is 14. The van der Waals surface area contributed by atoms with E-state index in [1.165, 1.54) is 25.7 Å². The smallest absolute Gasteiger partial charge is 0.307 e. The fraction of sp³-hybridized carbons (Fsp3) is 0.778. The molecule has 22 heavy (non-hydrogen) atoms. The summed E-state index contributed by atoms with van der Waals surface area (Å²) in [6, 6.07) is 0. The van der Waals surface area contributed by atoms with Gasteiger partial charge in [-0.2, -0.15) is 0 Å². The SMILES string of the molecule is CCCCCC/C=C\CCCC(=O)OC(CCC)CC(=O)O. The third-order valence-corrected chi connectivity index (χ3v) is 3.45. The van der Waals surface area contributed by atoms with Crippen LogP contribution in [0.2, 0.25) is 0 Å². The number of carboxylic acids is 1. The largest absolute Gasteiger partial charge is 0.481 e. The maximum absolute atomic E-state index is 11.7. The van der Waals surface area contributed by atoms with Gasteiger partial charge in [-0.3, -0.25) is 9.59 Å². The fourth-order valence-electron chi connectivity index (χ4n) is 2.25. The van der Waals surface area contributed by atoms with E-state index in [2.05, 4.69) is 19.1 Å². The average Bonchev–Trinajstić information content (AvgIpc) is 2.45. The van der Waals surface area contributed by atoms with Crippen LogP contribution in [-0.4, -0.2) is 23.1 Å². The lowest BCUT2D eigenvalue weighted by atomic mass is 10.1. The van der Waals surface area contributed by atoms with Crippen molar-refractivity contribution >= 4 is 11.9 Å². The van der Waals surface area contributed by atoms with Crippen LogP contribution in [0.25, 0.3) is 0 Å². The van der Waals surface area contributed by atoms with Crippen molar-refractivity contribution in [2.75, 3.05) is 0 Å². The van der Waals surface area contributed by atoms with Gasteiger partial charge in [-0.05, 0) is 32.1 Å². The highest BCUT2D eigenvalue weighted by atomic mass is 16.5. The van der Waals surface area contributed by atoms with Gasteiger partial charge in [-0.1, -0.05) is 51.7 Å². The van der Waals surface area contributed by atoms with Crippen molar-refractivity contribution in [2.24, 2.45) is 0 Å². The van der Waals surface area contributed by atoms with Crippen molar-refractivity contribution < 1.29 is 19.4 Å². The molecule has 0 aliphatic heterocycles. The van der Waals surface area contributed by atoms with E-state index in [-0.39, 0.29) is 12.4 Å². The van der Waals surface area contributed by atoms with Crippen molar-refractivity contribution in [3.8, 4) is 0 Å². The second-order valence-electron chi connectivity index (χ2n) is 5.71. The van der Waals surface area contributed by atoms with Crippen LogP contribution in [0.5, 0.6) is 0 Å². The molecule has 0 heterocycles. The van der Waals surface area contributed by atoms with Gasteiger partial charge in [0.1, 0.15) is 6.10 Å². The van der Waals surface area contributed by atoms with Gasteiger partial charge in [0.05, 0.1) is 6.42 Å². The molecule has 0 aliphatic rings. The summed E-state index contributed by atoms with van der Waals surface area (Å²) in [4.78, 5) is 22.4. The summed E-state index contributed by atoms with van der Waals surface area (Å²) >= 11 is 0. The Morgan fingerprint density at radius 1 is 1.00 bits per heavy atom. The fourth-order valence-corrected chi connectivity index (χ4v) is 2.25. The molecule has 1 atom stereocenters. The Labute approximate surface area is 134 Å². The first-order valence-electron chi connectivity index (χ1n) is 8.66. The average molecular weight is 312 g/mol. The van der Waals surface area contributed by atoms with Crippen molar-refractivity contribution in [2.45, 2.75) is 90.6 Å². The summed E-state index contributed by atoms with van der Waals surface area (Å²) < 4.78 is 5.23. The third kappa shape index (κ3) is 13.7. The zero-order valence-corrected chi connectivity index (χ0v) is 14.2. The van der Waals surface area contributed by atoms with E-state index >= 15 is 0 Å². The zero-order valence-electron chi connectivity index (χ0n) is 14.2. The second kappa shape index (κ2) is 14.6. The van der Waals surface area contributed by atoms with Crippen LogP contribution >= 0.6 is 0 Å². The molecule has 0 saturated heterocycles. The molecule has 1 unspecified atom stereocenters. The van der Waals surface area contributed by atoms with E-state index in [0.29, 0.717) is 12.8 Å². The van der Waals surface area contributed by atoms with Crippen LogP contribution in [0.4, 0.5) is 0 Å². The van der Waals surface area contributed by atoms with Gasteiger partial charge in [-0.15, -0.1) is 0 Å². The number of carbonyl (C=O) groups excluding carboxylic acids is 1. The summed E-state index contributed by atoms with van der Waals surface area (Å²) in [5, 5.41) is 8.77. The molecular formula is C18H32O4. The number of esters is 1. The van der Waals surface area contributed by atoms with Crippen molar-refractivity contribution in [3.05, 3.63) is 12.2 Å². The highest BCUT2D eigenvalue weighted by molar-refractivity contribution is 5.71. The molecule has 128 valence electrons. The van der Waals surface area contributed by atoms with E-state index in [9.17, 15) is 9.59 Å². The Hall–Kier alpha value is -1.32. The van der Waals surface area contributed by atoms with Crippen LogP contribution < -0.4 is 0 Å². The molecule has 0 saturated carbocycles. The van der Waals surface area contributed by atoms with E-state index in [4.69, 9.17) is 9.84 Å². The van der Waals surface area contributed by atoms with Gasteiger partial charge in [0.2, 0.25) is 0 Å². The zero-order chi connectivity index (χ0) is 16.6. The number of carboxylic acid groups (broad SMARTS) is 1. The van der Waals surface area contributed by atoms with Crippen LogP contribution in [-0.2, 0) is 14.3 Å². The van der Waals surface area contributed by atoms with Crippen LogP contribution in [0, 0.1) is 0 Å². The van der Waals surface area contributed by atoms with Gasteiger partial charge in [0.15, 0.2) is 0 Å². The minimum absolute atomic E-state index is 0.1000. The van der Waals surface area contributed by atoms with Crippen LogP contribution in [0.1, 0.15) is 84.5 Å². The molecule has 4 nitrogen and oxygen atoms in total. The molecule has 0 aromatic carbocycles. The predicted octanol–water partition coefficient (Wildman–Crippen LogP) is 4.87. The Balaban J connectivity index is 3.70. The molecule has 0 aromatic heterocycles. The summed E-state index contributed by atoms with van der Waals surface area (Å²) in [7, 11) is 0. The summed E-state index contributed by atoms with van der Waals surface area (Å²) in [5.41, 5.74) is 0. The standard InChI is InChI=1S/C18H32O4/c1-3-5-6-7-8-9-10-11-12-14-18(21)22-16(13-4-2)15-17(19)20/h9-10,16H,3-8,11-15H2,1-2H3,(H,19,20)/b10-9-. The molecule has 1 N–H and O–H groups in total. The van der Waals surface area contributed by atoms with Gasteiger partial charge >= 0.3 is 11.9 Å². The summed E-state index contributed by atoms with van der Waals surface area (Å²) in [6.45, 7) is 4.16. The molecule has 0 aromatic rings. The normalized spacial score (nSPS) is 12.5. The first kappa shape index (κ1) is 20.7. The third-order valence-electron chi connectivity index (χ3n) is 3.45. The molecule has 4 heteroatoms. The molecule has 0 fully saturated rings. The number of carbonyl (C=O) groups is 2. The number of aliphatic carboxylic acids is 1.